The van der Waals surface area contributed by atoms with Gasteiger partial charge in [0, 0.05) is 5.56 Å². The molecule has 0 bridgehead atoms. The van der Waals surface area contributed by atoms with Crippen molar-refractivity contribution in [2.24, 2.45) is 11.5 Å². The van der Waals surface area contributed by atoms with Gasteiger partial charge >= 0.3 is 0 Å². The summed E-state index contributed by atoms with van der Waals surface area (Å²) in [5.74, 6) is 1.50. The maximum atomic E-state index is 12.7. The number of nitrogens with two attached hydrogens (primary N) is 2. The van der Waals surface area contributed by atoms with E-state index in [0.29, 0.717) is 26.3 Å². The Labute approximate surface area is 144 Å². The maximum absolute atomic E-state index is 12.7. The Morgan fingerprint density at radius 1 is 0.792 bits per heavy atom. The van der Waals surface area contributed by atoms with Crippen LogP contribution in [-0.4, -0.2) is 30.5 Å². The summed E-state index contributed by atoms with van der Waals surface area (Å²) in [5, 5.41) is 0. The predicted octanol–water partition coefficient (Wildman–Crippen LogP) is 2.29. The normalized spacial score (nSPS) is 15.0. The van der Waals surface area contributed by atoms with Crippen LogP contribution in [0, 0.1) is 0 Å². The van der Waals surface area contributed by atoms with Crippen LogP contribution in [-0.2, 0) is 10.8 Å². The molecule has 3 rings (SSSR count). The molecule has 1 atom stereocenters. The third kappa shape index (κ3) is 3.45. The van der Waals surface area contributed by atoms with E-state index in [1.165, 1.54) is 0 Å². The first-order chi connectivity index (χ1) is 11.7. The summed E-state index contributed by atoms with van der Waals surface area (Å²) < 4.78 is 24.1. The van der Waals surface area contributed by atoms with Gasteiger partial charge in [-0.15, -0.1) is 0 Å². The molecule has 0 aliphatic carbocycles. The second-order valence-corrected chi connectivity index (χ2v) is 6.98. The number of benzene rings is 2. The molecule has 1 unspecified atom stereocenters. The molecule has 1 aliphatic heterocycles. The molecule has 0 fully saturated rings. The van der Waals surface area contributed by atoms with Gasteiger partial charge in [-0.2, -0.15) is 0 Å². The summed E-state index contributed by atoms with van der Waals surface area (Å²) in [6.07, 6.45) is 1.60. The average Bonchev–Trinajstić information content (AvgIpc) is 2.88. The van der Waals surface area contributed by atoms with Gasteiger partial charge in [0.2, 0.25) is 0 Å². The van der Waals surface area contributed by atoms with E-state index in [2.05, 4.69) is 0 Å². The summed E-state index contributed by atoms with van der Waals surface area (Å²) >= 11 is 0. The van der Waals surface area contributed by atoms with E-state index < -0.39 is 10.8 Å². The standard InChI is InChI=1S/C18H22N2O3S/c19-7-1-9-22-13-4-6-17-16(11-13)15-5-3-14(23-10-2-8-20)12-18(15)24(17)21/h3-6,11-12H,1-2,7-10,19-20H2. The van der Waals surface area contributed by atoms with E-state index in [9.17, 15) is 4.21 Å². The number of hydrogen-bond acceptors (Lipinski definition) is 5. The lowest BCUT2D eigenvalue weighted by Gasteiger charge is -2.08. The Hall–Kier alpha value is -1.89. The number of fused-ring (bicyclic) bond motifs is 3. The van der Waals surface area contributed by atoms with Gasteiger partial charge in [-0.3, -0.25) is 0 Å². The second kappa shape index (κ2) is 7.79. The molecule has 5 nitrogen and oxygen atoms in total. The minimum Gasteiger partial charge on any atom is -0.494 e. The van der Waals surface area contributed by atoms with Crippen LogP contribution in [0.3, 0.4) is 0 Å². The smallest absolute Gasteiger partial charge is 0.120 e. The fourth-order valence-corrected chi connectivity index (χ4v) is 4.00. The van der Waals surface area contributed by atoms with Gasteiger partial charge in [-0.25, -0.2) is 4.21 Å². The third-order valence-corrected chi connectivity index (χ3v) is 5.32. The lowest BCUT2D eigenvalue weighted by atomic mass is 10.1. The first kappa shape index (κ1) is 17.0. The molecule has 2 aromatic rings. The van der Waals surface area contributed by atoms with Crippen molar-refractivity contribution < 1.29 is 13.7 Å². The molecule has 1 heterocycles. The van der Waals surface area contributed by atoms with Gasteiger partial charge in [0.25, 0.3) is 0 Å². The Bertz CT molecular complexity index is 749. The highest BCUT2D eigenvalue weighted by atomic mass is 32.2. The SMILES string of the molecule is NCCCOc1ccc2c(c1)-c1ccc(OCCCN)cc1S2=O. The van der Waals surface area contributed by atoms with E-state index in [-0.39, 0.29) is 0 Å². The highest BCUT2D eigenvalue weighted by Gasteiger charge is 2.26. The molecule has 0 saturated carbocycles. The van der Waals surface area contributed by atoms with Crippen molar-refractivity contribution in [1.82, 2.24) is 0 Å². The van der Waals surface area contributed by atoms with Crippen molar-refractivity contribution >= 4 is 10.8 Å². The molecular formula is C18H22N2O3S. The van der Waals surface area contributed by atoms with E-state index in [0.717, 1.165) is 45.3 Å². The summed E-state index contributed by atoms with van der Waals surface area (Å²) in [5.41, 5.74) is 12.9. The summed E-state index contributed by atoms with van der Waals surface area (Å²) in [4.78, 5) is 1.60. The average molecular weight is 346 g/mol. The highest BCUT2D eigenvalue weighted by Crippen LogP contribution is 2.43. The molecule has 2 aromatic carbocycles. The van der Waals surface area contributed by atoms with Crippen LogP contribution >= 0.6 is 0 Å². The lowest BCUT2D eigenvalue weighted by molar-refractivity contribution is 0.313. The molecule has 0 spiro atoms. The quantitative estimate of drug-likeness (QED) is 0.611. The van der Waals surface area contributed by atoms with Crippen molar-refractivity contribution in [3.8, 4) is 22.6 Å². The zero-order valence-electron chi connectivity index (χ0n) is 13.5. The van der Waals surface area contributed by atoms with E-state index in [4.69, 9.17) is 20.9 Å². The molecule has 0 radical (unpaired) electrons. The first-order valence-electron chi connectivity index (χ1n) is 8.10. The zero-order chi connectivity index (χ0) is 16.9. The molecule has 1 aliphatic rings. The summed E-state index contributed by atoms with van der Waals surface area (Å²) in [6, 6.07) is 11.4. The number of ether oxygens (including phenoxy) is 2. The topological polar surface area (TPSA) is 87.6 Å². The minimum atomic E-state index is -1.19. The third-order valence-electron chi connectivity index (χ3n) is 3.83. The second-order valence-electron chi connectivity index (χ2n) is 5.57. The molecule has 0 saturated heterocycles. The van der Waals surface area contributed by atoms with Crippen LogP contribution in [0.2, 0.25) is 0 Å². The van der Waals surface area contributed by atoms with Crippen molar-refractivity contribution in [2.75, 3.05) is 26.3 Å². The van der Waals surface area contributed by atoms with Gasteiger partial charge in [-0.1, -0.05) is 0 Å². The van der Waals surface area contributed by atoms with Gasteiger partial charge in [0.1, 0.15) is 11.5 Å². The maximum Gasteiger partial charge on any atom is 0.120 e. The van der Waals surface area contributed by atoms with E-state index in [1.54, 1.807) is 0 Å². The van der Waals surface area contributed by atoms with Crippen LogP contribution in [0.1, 0.15) is 12.8 Å². The van der Waals surface area contributed by atoms with E-state index in [1.807, 2.05) is 36.4 Å². The molecule has 4 N–H and O–H groups in total. The largest absolute Gasteiger partial charge is 0.494 e. The fraction of sp³-hybridized carbons (Fsp3) is 0.333. The van der Waals surface area contributed by atoms with E-state index >= 15 is 0 Å². The van der Waals surface area contributed by atoms with Gasteiger partial charge in [0.15, 0.2) is 0 Å². The summed E-state index contributed by atoms with van der Waals surface area (Å²) in [6.45, 7) is 2.34. The Morgan fingerprint density at radius 2 is 1.42 bits per heavy atom. The molecule has 128 valence electrons. The van der Waals surface area contributed by atoms with Crippen LogP contribution < -0.4 is 20.9 Å². The van der Waals surface area contributed by atoms with Crippen LogP contribution in [0.25, 0.3) is 11.1 Å². The van der Waals surface area contributed by atoms with Crippen LogP contribution in [0.15, 0.2) is 46.2 Å². The van der Waals surface area contributed by atoms with Gasteiger partial charge < -0.3 is 20.9 Å². The van der Waals surface area contributed by atoms with Crippen molar-refractivity contribution in [3.05, 3.63) is 36.4 Å². The van der Waals surface area contributed by atoms with Crippen molar-refractivity contribution in [3.63, 3.8) is 0 Å². The lowest BCUT2D eigenvalue weighted by Crippen LogP contribution is -2.06. The minimum absolute atomic E-state index is 0.563. The monoisotopic (exact) mass is 346 g/mol. The molecule has 0 aromatic heterocycles. The zero-order valence-corrected chi connectivity index (χ0v) is 14.3. The summed E-state index contributed by atoms with van der Waals surface area (Å²) in [7, 11) is -1.19. The predicted molar refractivity (Wildman–Crippen MR) is 94.9 cm³/mol. The highest BCUT2D eigenvalue weighted by molar-refractivity contribution is 7.85. The molecule has 24 heavy (non-hydrogen) atoms. The van der Waals surface area contributed by atoms with Crippen molar-refractivity contribution in [1.29, 1.82) is 0 Å². The number of rotatable bonds is 8. The van der Waals surface area contributed by atoms with Gasteiger partial charge in [-0.05, 0) is 67.9 Å². The van der Waals surface area contributed by atoms with Crippen LogP contribution in [0.5, 0.6) is 11.5 Å². The Morgan fingerprint density at radius 3 is 2.08 bits per heavy atom. The molecular weight excluding hydrogens is 324 g/mol. The van der Waals surface area contributed by atoms with Crippen LogP contribution in [0.4, 0.5) is 0 Å². The number of hydrogen-bond donors (Lipinski definition) is 2. The van der Waals surface area contributed by atoms with Gasteiger partial charge in [0.05, 0.1) is 33.8 Å². The Kier molecular flexibility index (Phi) is 5.50. The molecule has 0 amide bonds. The first-order valence-corrected chi connectivity index (χ1v) is 9.25. The molecule has 6 heteroatoms. The Balaban J connectivity index is 1.83. The fourth-order valence-electron chi connectivity index (χ4n) is 2.60. The van der Waals surface area contributed by atoms with Crippen molar-refractivity contribution in [2.45, 2.75) is 22.6 Å².